The zero-order valence-corrected chi connectivity index (χ0v) is 12.0. The molecule has 7 nitrogen and oxygen atoms in total. The van der Waals surface area contributed by atoms with Crippen molar-refractivity contribution >= 4 is 24.2 Å². The van der Waals surface area contributed by atoms with Gasteiger partial charge in [0.1, 0.15) is 6.29 Å². The number of rotatable bonds is 2. The van der Waals surface area contributed by atoms with Gasteiger partial charge in [-0.15, -0.1) is 0 Å². The lowest BCUT2D eigenvalue weighted by atomic mass is 10.1. The lowest BCUT2D eigenvalue weighted by Crippen LogP contribution is -2.26. The van der Waals surface area contributed by atoms with Crippen LogP contribution in [0.2, 0.25) is 0 Å². The second-order valence-corrected chi connectivity index (χ2v) is 5.09. The van der Waals surface area contributed by atoms with Crippen LogP contribution in [0.5, 0.6) is 0 Å². The maximum Gasteiger partial charge on any atom is 0.425 e. The third kappa shape index (κ3) is 9.06. The monoisotopic (exact) mass is 295 g/mol. The molecule has 0 bridgehead atoms. The van der Waals surface area contributed by atoms with Gasteiger partial charge in [0.2, 0.25) is 0 Å². The molecule has 114 valence electrons. The Morgan fingerprint density at radius 3 is 1.90 bits per heavy atom. The van der Waals surface area contributed by atoms with E-state index in [1.807, 2.05) is 20.8 Å². The maximum absolute atomic E-state index is 11.2. The molecule has 0 fully saturated rings. The van der Waals surface area contributed by atoms with Crippen molar-refractivity contribution in [2.24, 2.45) is 5.73 Å². The van der Waals surface area contributed by atoms with Gasteiger partial charge < -0.3 is 15.6 Å². The lowest BCUT2D eigenvalue weighted by Gasteiger charge is -2.06. The number of carbonyl (C=O) groups is 4. The smallest absolute Gasteiger partial charge is 0.425 e. The summed E-state index contributed by atoms with van der Waals surface area (Å²) < 4.78 is 4.01. The Bertz CT molecular complexity index is 521. The number of aliphatic carboxylic acids is 1. The van der Waals surface area contributed by atoms with Crippen LogP contribution in [0.15, 0.2) is 24.3 Å². The van der Waals surface area contributed by atoms with Crippen LogP contribution in [0.3, 0.4) is 0 Å². The first-order valence-corrected chi connectivity index (χ1v) is 5.88. The van der Waals surface area contributed by atoms with Gasteiger partial charge in [-0.05, 0) is 32.9 Å². The molecule has 7 heteroatoms. The van der Waals surface area contributed by atoms with E-state index >= 15 is 0 Å². The number of nitrogens with two attached hydrogens (primary N) is 1. The Balaban J connectivity index is 0.000000690. The van der Waals surface area contributed by atoms with Crippen LogP contribution in [-0.4, -0.2) is 34.8 Å². The van der Waals surface area contributed by atoms with Crippen LogP contribution in [0.25, 0.3) is 0 Å². The van der Waals surface area contributed by atoms with E-state index in [-0.39, 0.29) is 11.1 Å². The predicted molar refractivity (Wildman–Crippen MR) is 73.8 cm³/mol. The van der Waals surface area contributed by atoms with Gasteiger partial charge in [-0.3, -0.25) is 4.79 Å². The van der Waals surface area contributed by atoms with E-state index < -0.39 is 17.9 Å². The van der Waals surface area contributed by atoms with Crippen LogP contribution < -0.4 is 5.73 Å². The van der Waals surface area contributed by atoms with E-state index in [1.165, 1.54) is 24.3 Å². The van der Waals surface area contributed by atoms with Gasteiger partial charge in [-0.2, -0.15) is 0 Å². The minimum absolute atomic E-state index is 0. The number of aldehydes is 1. The molecule has 3 N–H and O–H groups in total. The molecule has 0 radical (unpaired) electrons. The number of carbonyl (C=O) groups excluding carboxylic acids is 3. The number of ether oxygens (including phenoxy) is 1. The number of esters is 2. The minimum Gasteiger partial charge on any atom is -0.473 e. The van der Waals surface area contributed by atoms with E-state index in [4.69, 9.17) is 10.8 Å². The first kappa shape index (κ1) is 18.5. The Kier molecular flexibility index (Phi) is 6.95. The highest BCUT2D eigenvalue weighted by Gasteiger charge is 2.19. The Labute approximate surface area is 121 Å². The number of benzene rings is 1. The zero-order valence-electron chi connectivity index (χ0n) is 12.0. The topological polar surface area (TPSA) is 124 Å². The first-order valence-electron chi connectivity index (χ1n) is 5.88. The SMILES string of the molecule is CC(C)(C)N.O=Cc1ccc(C(=O)OC(=O)C(=O)O)cc1. The molecule has 0 aliphatic carbocycles. The van der Waals surface area contributed by atoms with Crippen molar-refractivity contribution in [2.75, 3.05) is 0 Å². The molecule has 0 heterocycles. The summed E-state index contributed by atoms with van der Waals surface area (Å²) in [5.74, 6) is -4.58. The molecule has 1 rings (SSSR count). The van der Waals surface area contributed by atoms with Crippen molar-refractivity contribution in [1.82, 2.24) is 0 Å². The summed E-state index contributed by atoms with van der Waals surface area (Å²) in [7, 11) is 0. The average molecular weight is 295 g/mol. The van der Waals surface area contributed by atoms with E-state index in [9.17, 15) is 19.2 Å². The largest absolute Gasteiger partial charge is 0.473 e. The summed E-state index contributed by atoms with van der Waals surface area (Å²) in [6.45, 7) is 5.90. The molecule has 0 spiro atoms. The van der Waals surface area contributed by atoms with Crippen molar-refractivity contribution in [1.29, 1.82) is 0 Å². The number of carboxylic acids is 1. The zero-order chi connectivity index (χ0) is 16.6. The van der Waals surface area contributed by atoms with Gasteiger partial charge in [-0.1, -0.05) is 12.1 Å². The van der Waals surface area contributed by atoms with E-state index in [1.54, 1.807) is 0 Å². The third-order valence-corrected chi connectivity index (χ3v) is 1.64. The molecule has 0 saturated carbocycles. The molecule has 21 heavy (non-hydrogen) atoms. The number of carboxylic acid groups (broad SMARTS) is 1. The Morgan fingerprint density at radius 2 is 1.57 bits per heavy atom. The van der Waals surface area contributed by atoms with Crippen molar-refractivity contribution in [3.05, 3.63) is 35.4 Å². The molecular formula is C14H17NO6. The van der Waals surface area contributed by atoms with Crippen LogP contribution >= 0.6 is 0 Å². The van der Waals surface area contributed by atoms with E-state index in [2.05, 4.69) is 4.74 Å². The molecule has 0 saturated heterocycles. The van der Waals surface area contributed by atoms with Crippen LogP contribution in [0.4, 0.5) is 0 Å². The number of hydrogen-bond donors (Lipinski definition) is 2. The molecule has 1 aromatic rings. The molecule has 0 unspecified atom stereocenters. The van der Waals surface area contributed by atoms with Gasteiger partial charge in [0, 0.05) is 11.1 Å². The fraction of sp³-hybridized carbons (Fsp3) is 0.286. The van der Waals surface area contributed by atoms with E-state index in [0.717, 1.165) is 0 Å². The standard InChI is InChI=1S/C10H6O6.C4H11N/c11-5-6-1-3-7(4-2-6)9(14)16-10(15)8(12)13;1-4(2,3)5/h1-5H,(H,12,13);5H2,1-3H3. The number of hydrogen-bond acceptors (Lipinski definition) is 6. The van der Waals surface area contributed by atoms with Gasteiger partial charge in [0.15, 0.2) is 0 Å². The average Bonchev–Trinajstić information content (AvgIpc) is 2.36. The van der Waals surface area contributed by atoms with Crippen molar-refractivity contribution in [2.45, 2.75) is 26.3 Å². The maximum atomic E-state index is 11.2. The summed E-state index contributed by atoms with van der Waals surface area (Å²) in [6, 6.07) is 5.19. The molecule has 0 aromatic heterocycles. The minimum atomic E-state index is -1.85. The van der Waals surface area contributed by atoms with E-state index in [0.29, 0.717) is 11.8 Å². The van der Waals surface area contributed by atoms with Crippen LogP contribution in [0, 0.1) is 0 Å². The third-order valence-electron chi connectivity index (χ3n) is 1.64. The molecule has 0 aliphatic rings. The molecule has 0 amide bonds. The van der Waals surface area contributed by atoms with Crippen molar-refractivity contribution < 1.29 is 29.0 Å². The van der Waals surface area contributed by atoms with Crippen molar-refractivity contribution in [3.8, 4) is 0 Å². The fourth-order valence-corrected chi connectivity index (χ4v) is 0.885. The summed E-state index contributed by atoms with van der Waals surface area (Å²) in [6.07, 6.45) is 0.581. The molecule has 1 aromatic carbocycles. The summed E-state index contributed by atoms with van der Waals surface area (Å²) >= 11 is 0. The van der Waals surface area contributed by atoms with Crippen LogP contribution in [-0.2, 0) is 14.3 Å². The quantitative estimate of drug-likeness (QED) is 0.361. The van der Waals surface area contributed by atoms with Crippen molar-refractivity contribution in [3.63, 3.8) is 0 Å². The Hall–Kier alpha value is -2.54. The fourth-order valence-electron chi connectivity index (χ4n) is 0.885. The highest BCUT2D eigenvalue weighted by Crippen LogP contribution is 2.04. The van der Waals surface area contributed by atoms with Crippen LogP contribution in [0.1, 0.15) is 41.5 Å². The normalized spacial score (nSPS) is 9.90. The van der Waals surface area contributed by atoms with Gasteiger partial charge in [0.05, 0.1) is 5.56 Å². The summed E-state index contributed by atoms with van der Waals surface area (Å²) in [4.78, 5) is 42.1. The second-order valence-electron chi connectivity index (χ2n) is 5.09. The lowest BCUT2D eigenvalue weighted by molar-refractivity contribution is -0.160. The highest BCUT2D eigenvalue weighted by atomic mass is 16.6. The van der Waals surface area contributed by atoms with Gasteiger partial charge in [0.25, 0.3) is 0 Å². The highest BCUT2D eigenvalue weighted by molar-refractivity contribution is 6.31. The predicted octanol–water partition coefficient (Wildman–Crippen LogP) is 1.01. The summed E-state index contributed by atoms with van der Waals surface area (Å²) in [5, 5.41) is 8.19. The van der Waals surface area contributed by atoms with Gasteiger partial charge >= 0.3 is 17.9 Å². The van der Waals surface area contributed by atoms with Gasteiger partial charge in [-0.25, -0.2) is 14.4 Å². The molecule has 0 aliphatic heterocycles. The summed E-state index contributed by atoms with van der Waals surface area (Å²) in [5.41, 5.74) is 5.69. The Morgan fingerprint density at radius 1 is 1.14 bits per heavy atom. The first-order chi connectivity index (χ1) is 9.54. The molecular weight excluding hydrogens is 278 g/mol. The second kappa shape index (κ2) is 7.91. The molecule has 0 atom stereocenters.